The number of imidazole rings is 1. The number of para-hydroxylation sites is 2. The van der Waals surface area contributed by atoms with Gasteiger partial charge in [-0.05, 0) is 25.1 Å². The number of carbonyl (C=O) groups is 1. The molecule has 0 N–H and O–H groups in total. The molecule has 0 aliphatic heterocycles. The van der Waals surface area contributed by atoms with E-state index in [-0.39, 0.29) is 5.91 Å². The highest BCUT2D eigenvalue weighted by Gasteiger charge is 2.05. The summed E-state index contributed by atoms with van der Waals surface area (Å²) in [6.07, 6.45) is 4.79. The predicted molar refractivity (Wildman–Crippen MR) is 55.2 cm³/mol. The number of nitrogens with zero attached hydrogens (tertiary/aromatic N) is 2. The van der Waals surface area contributed by atoms with Gasteiger partial charge in [-0.15, -0.1) is 0 Å². The number of hydrogen-bond acceptors (Lipinski definition) is 2. The molecule has 0 unspecified atom stereocenters. The molecule has 2 aromatic rings. The molecule has 0 amide bonds. The number of carbonyl (C=O) groups excluding carboxylic acids is 1. The molecule has 0 atom stereocenters. The molecular weight excluding hydrogens is 176 g/mol. The van der Waals surface area contributed by atoms with Gasteiger partial charge in [0.2, 0.25) is 0 Å². The van der Waals surface area contributed by atoms with Gasteiger partial charge in [-0.1, -0.05) is 18.2 Å². The second-order valence-electron chi connectivity index (χ2n) is 2.94. The van der Waals surface area contributed by atoms with E-state index in [1.54, 1.807) is 12.4 Å². The van der Waals surface area contributed by atoms with Crippen molar-refractivity contribution in [3.8, 4) is 0 Å². The Bertz CT molecular complexity index is 497. The summed E-state index contributed by atoms with van der Waals surface area (Å²) in [6, 6.07) is 7.56. The van der Waals surface area contributed by atoms with Crippen LogP contribution in [0.2, 0.25) is 0 Å². The average molecular weight is 186 g/mol. The molecule has 0 saturated heterocycles. The number of allylic oxidation sites excluding steroid dienone is 2. The van der Waals surface area contributed by atoms with Gasteiger partial charge in [-0.2, -0.15) is 0 Å². The fraction of sp³-hybridized carbons (Fsp3) is 0.0909. The number of rotatable bonds is 1. The Morgan fingerprint density at radius 2 is 2.21 bits per heavy atom. The van der Waals surface area contributed by atoms with Crippen LogP contribution in [-0.2, 0) is 0 Å². The van der Waals surface area contributed by atoms with E-state index in [4.69, 9.17) is 0 Å². The standard InChI is InChI=1S/C11H10N2O/c1-2-5-11(14)13-8-12-9-6-3-4-7-10(9)13/h2-8H,1H3/b5-2-. The summed E-state index contributed by atoms with van der Waals surface area (Å²) in [5.74, 6) is -0.0683. The molecule has 14 heavy (non-hydrogen) atoms. The van der Waals surface area contributed by atoms with Crippen LogP contribution < -0.4 is 0 Å². The summed E-state index contributed by atoms with van der Waals surface area (Å²) in [5.41, 5.74) is 1.68. The molecular formula is C11H10N2O. The fourth-order valence-corrected chi connectivity index (χ4v) is 1.36. The van der Waals surface area contributed by atoms with Crippen LogP contribution in [0, 0.1) is 0 Å². The molecule has 0 bridgehead atoms. The highest BCUT2D eigenvalue weighted by atomic mass is 16.1. The van der Waals surface area contributed by atoms with E-state index in [2.05, 4.69) is 4.98 Å². The Kier molecular flexibility index (Phi) is 2.14. The maximum absolute atomic E-state index is 11.6. The zero-order valence-electron chi connectivity index (χ0n) is 7.84. The minimum Gasteiger partial charge on any atom is -0.269 e. The number of hydrogen-bond donors (Lipinski definition) is 0. The van der Waals surface area contributed by atoms with Gasteiger partial charge in [0.1, 0.15) is 6.33 Å². The summed E-state index contributed by atoms with van der Waals surface area (Å²) < 4.78 is 1.54. The Morgan fingerprint density at radius 3 is 3.00 bits per heavy atom. The van der Waals surface area contributed by atoms with Crippen molar-refractivity contribution in [3.05, 3.63) is 42.7 Å². The van der Waals surface area contributed by atoms with Gasteiger partial charge in [-0.25, -0.2) is 4.98 Å². The summed E-state index contributed by atoms with van der Waals surface area (Å²) in [6.45, 7) is 1.82. The minimum atomic E-state index is -0.0683. The van der Waals surface area contributed by atoms with Gasteiger partial charge in [0.25, 0.3) is 5.91 Å². The van der Waals surface area contributed by atoms with Crippen molar-refractivity contribution >= 4 is 16.9 Å². The second-order valence-corrected chi connectivity index (χ2v) is 2.94. The lowest BCUT2D eigenvalue weighted by molar-refractivity contribution is 0.0973. The molecule has 2 rings (SSSR count). The molecule has 0 aliphatic rings. The third-order valence-electron chi connectivity index (χ3n) is 2.00. The van der Waals surface area contributed by atoms with E-state index in [0.29, 0.717) is 0 Å². The lowest BCUT2D eigenvalue weighted by atomic mass is 10.3. The first-order chi connectivity index (χ1) is 6.83. The van der Waals surface area contributed by atoms with Gasteiger partial charge in [0.05, 0.1) is 11.0 Å². The van der Waals surface area contributed by atoms with Crippen LogP contribution in [-0.4, -0.2) is 15.5 Å². The van der Waals surface area contributed by atoms with E-state index in [1.807, 2.05) is 31.2 Å². The highest BCUT2D eigenvalue weighted by molar-refractivity contribution is 5.96. The number of benzene rings is 1. The zero-order chi connectivity index (χ0) is 9.97. The van der Waals surface area contributed by atoms with Crippen LogP contribution >= 0.6 is 0 Å². The Balaban J connectivity index is 2.58. The highest BCUT2D eigenvalue weighted by Crippen LogP contribution is 2.11. The van der Waals surface area contributed by atoms with Gasteiger partial charge < -0.3 is 0 Å². The predicted octanol–water partition coefficient (Wildman–Crippen LogP) is 2.25. The van der Waals surface area contributed by atoms with E-state index >= 15 is 0 Å². The SMILES string of the molecule is C/C=C\C(=O)n1cnc2ccccc21. The lowest BCUT2D eigenvalue weighted by Gasteiger charge is -1.96. The molecule has 0 spiro atoms. The quantitative estimate of drug-likeness (QED) is 0.640. The Hall–Kier alpha value is -1.90. The zero-order valence-corrected chi connectivity index (χ0v) is 7.84. The third kappa shape index (κ3) is 1.33. The topological polar surface area (TPSA) is 34.9 Å². The molecule has 0 fully saturated rings. The average Bonchev–Trinajstić information content (AvgIpc) is 2.61. The molecule has 3 heteroatoms. The van der Waals surface area contributed by atoms with Gasteiger partial charge >= 0.3 is 0 Å². The van der Waals surface area contributed by atoms with Crippen molar-refractivity contribution in [2.45, 2.75) is 6.92 Å². The largest absolute Gasteiger partial charge is 0.269 e. The maximum Gasteiger partial charge on any atom is 0.256 e. The van der Waals surface area contributed by atoms with Gasteiger partial charge in [0, 0.05) is 0 Å². The van der Waals surface area contributed by atoms with Crippen molar-refractivity contribution < 1.29 is 4.79 Å². The van der Waals surface area contributed by atoms with Crippen molar-refractivity contribution in [1.29, 1.82) is 0 Å². The smallest absolute Gasteiger partial charge is 0.256 e. The van der Waals surface area contributed by atoms with E-state index in [9.17, 15) is 4.79 Å². The summed E-state index contributed by atoms with van der Waals surface area (Å²) in [7, 11) is 0. The molecule has 0 saturated carbocycles. The normalized spacial score (nSPS) is 11.2. The van der Waals surface area contributed by atoms with E-state index in [1.165, 1.54) is 10.6 Å². The molecule has 1 aromatic carbocycles. The lowest BCUT2D eigenvalue weighted by Crippen LogP contribution is -2.04. The van der Waals surface area contributed by atoms with Crippen LogP contribution in [0.25, 0.3) is 11.0 Å². The first-order valence-electron chi connectivity index (χ1n) is 4.42. The number of fused-ring (bicyclic) bond motifs is 1. The second kappa shape index (κ2) is 3.46. The third-order valence-corrected chi connectivity index (χ3v) is 2.00. The van der Waals surface area contributed by atoms with Gasteiger partial charge in [-0.3, -0.25) is 9.36 Å². The molecule has 0 aliphatic carbocycles. The van der Waals surface area contributed by atoms with Gasteiger partial charge in [0.15, 0.2) is 0 Å². The fourth-order valence-electron chi connectivity index (χ4n) is 1.36. The van der Waals surface area contributed by atoms with Crippen LogP contribution in [0.3, 0.4) is 0 Å². The minimum absolute atomic E-state index is 0.0683. The summed E-state index contributed by atoms with van der Waals surface area (Å²) >= 11 is 0. The van der Waals surface area contributed by atoms with Crippen LogP contribution in [0.1, 0.15) is 11.7 Å². The molecule has 0 radical (unpaired) electrons. The summed E-state index contributed by atoms with van der Waals surface area (Å²) in [5, 5.41) is 0. The van der Waals surface area contributed by atoms with Crippen LogP contribution in [0.15, 0.2) is 42.7 Å². The van der Waals surface area contributed by atoms with Crippen molar-refractivity contribution in [3.63, 3.8) is 0 Å². The van der Waals surface area contributed by atoms with E-state index < -0.39 is 0 Å². The monoisotopic (exact) mass is 186 g/mol. The van der Waals surface area contributed by atoms with Crippen molar-refractivity contribution in [1.82, 2.24) is 9.55 Å². The number of aromatic nitrogens is 2. The van der Waals surface area contributed by atoms with Crippen LogP contribution in [0.5, 0.6) is 0 Å². The molecule has 70 valence electrons. The molecule has 1 heterocycles. The Labute approximate surface area is 81.7 Å². The van der Waals surface area contributed by atoms with Crippen molar-refractivity contribution in [2.24, 2.45) is 0 Å². The van der Waals surface area contributed by atoms with E-state index in [0.717, 1.165) is 11.0 Å². The Morgan fingerprint density at radius 1 is 1.43 bits per heavy atom. The van der Waals surface area contributed by atoms with Crippen molar-refractivity contribution in [2.75, 3.05) is 0 Å². The maximum atomic E-state index is 11.6. The van der Waals surface area contributed by atoms with Crippen LogP contribution in [0.4, 0.5) is 0 Å². The first kappa shape index (κ1) is 8.69. The molecule has 3 nitrogen and oxygen atoms in total. The molecule has 1 aromatic heterocycles. The summed E-state index contributed by atoms with van der Waals surface area (Å²) in [4.78, 5) is 15.7. The first-order valence-corrected chi connectivity index (χ1v) is 4.42.